The van der Waals surface area contributed by atoms with Crippen molar-refractivity contribution in [3.05, 3.63) is 82.9 Å². The molecular formula is C24H24BClN4O2. The molecule has 2 aromatic carbocycles. The van der Waals surface area contributed by atoms with Crippen LogP contribution in [0.2, 0.25) is 5.02 Å². The Kier molecular flexibility index (Phi) is 5.63. The van der Waals surface area contributed by atoms with Crippen LogP contribution in [0.4, 0.5) is 5.82 Å². The summed E-state index contributed by atoms with van der Waals surface area (Å²) in [5.41, 5.74) is 5.02. The second-order valence-corrected chi connectivity index (χ2v) is 8.74. The van der Waals surface area contributed by atoms with Crippen LogP contribution in [0.15, 0.2) is 61.2 Å². The van der Waals surface area contributed by atoms with E-state index in [0.29, 0.717) is 18.1 Å². The Morgan fingerprint density at radius 1 is 1.28 bits per heavy atom. The molecule has 2 atom stereocenters. The van der Waals surface area contributed by atoms with E-state index in [1.807, 2.05) is 49.9 Å². The van der Waals surface area contributed by atoms with Gasteiger partial charge in [0.15, 0.2) is 0 Å². The second kappa shape index (κ2) is 8.58. The first-order valence-electron chi connectivity index (χ1n) is 10.7. The average Bonchev–Trinajstić information content (AvgIpc) is 3.25. The molecule has 0 aliphatic carbocycles. The minimum absolute atomic E-state index is 0.155. The number of hydrogen-bond acceptors (Lipinski definition) is 5. The molecule has 0 bridgehead atoms. The highest BCUT2D eigenvalue weighted by Gasteiger charge is 2.31. The fourth-order valence-electron chi connectivity index (χ4n) is 4.36. The van der Waals surface area contributed by atoms with Crippen LogP contribution in [0.5, 0.6) is 0 Å². The summed E-state index contributed by atoms with van der Waals surface area (Å²) in [6, 6.07) is 14.3. The first-order chi connectivity index (χ1) is 15.5. The quantitative estimate of drug-likeness (QED) is 0.477. The molecule has 4 aromatic rings. The fraction of sp³-hybridized carbons (Fsp3) is 0.250. The van der Waals surface area contributed by atoms with Crippen LogP contribution in [0.3, 0.4) is 0 Å². The Hall–Kier alpha value is -2.87. The molecule has 0 spiro atoms. The van der Waals surface area contributed by atoms with Crippen molar-refractivity contribution in [2.45, 2.75) is 25.3 Å². The molecule has 5 rings (SSSR count). The minimum Gasteiger partial charge on any atom is -0.389 e. The molecule has 32 heavy (non-hydrogen) atoms. The molecular weight excluding hydrogens is 423 g/mol. The van der Waals surface area contributed by atoms with Gasteiger partial charge in [0.1, 0.15) is 19.8 Å². The van der Waals surface area contributed by atoms with Gasteiger partial charge in [-0.05, 0) is 17.2 Å². The van der Waals surface area contributed by atoms with Gasteiger partial charge in [-0.3, -0.25) is 0 Å². The zero-order chi connectivity index (χ0) is 22.2. The van der Waals surface area contributed by atoms with Crippen LogP contribution in [0.25, 0.3) is 10.9 Å². The van der Waals surface area contributed by atoms with Crippen LogP contribution < -0.4 is 10.4 Å². The first-order valence-corrected chi connectivity index (χ1v) is 11.0. The summed E-state index contributed by atoms with van der Waals surface area (Å²) in [6.45, 7) is 1.26. The number of nitrogens with zero attached hydrogens (tertiary/aromatic N) is 4. The van der Waals surface area contributed by atoms with E-state index in [2.05, 4.69) is 28.1 Å². The lowest BCUT2D eigenvalue weighted by molar-refractivity contribution is -0.000410. The van der Waals surface area contributed by atoms with Crippen molar-refractivity contribution < 1.29 is 9.84 Å². The molecule has 0 radical (unpaired) electrons. The van der Waals surface area contributed by atoms with Gasteiger partial charge in [0.25, 0.3) is 0 Å². The predicted octanol–water partition coefficient (Wildman–Crippen LogP) is 2.46. The molecule has 8 heteroatoms. The Balaban J connectivity index is 1.59. The molecule has 0 saturated carbocycles. The number of benzene rings is 2. The Morgan fingerprint density at radius 2 is 2.12 bits per heavy atom. The maximum absolute atomic E-state index is 10.6. The Labute approximate surface area is 192 Å². The van der Waals surface area contributed by atoms with Crippen LogP contribution >= 0.6 is 11.6 Å². The van der Waals surface area contributed by atoms with Crippen LogP contribution in [0.1, 0.15) is 22.8 Å². The maximum Gasteiger partial charge on any atom is 0.139 e. The third-order valence-electron chi connectivity index (χ3n) is 5.90. The van der Waals surface area contributed by atoms with E-state index in [1.54, 1.807) is 12.5 Å². The molecule has 1 N–H and O–H groups in total. The van der Waals surface area contributed by atoms with Crippen LogP contribution in [-0.2, 0) is 17.8 Å². The monoisotopic (exact) mass is 446 g/mol. The van der Waals surface area contributed by atoms with E-state index in [-0.39, 0.29) is 6.61 Å². The van der Waals surface area contributed by atoms with E-state index in [1.165, 1.54) is 0 Å². The van der Waals surface area contributed by atoms with Gasteiger partial charge in [0.05, 0.1) is 36.1 Å². The number of pyridine rings is 1. The summed E-state index contributed by atoms with van der Waals surface area (Å²) in [7, 11) is 4.07. The van der Waals surface area contributed by atoms with Crippen LogP contribution in [0, 0.1) is 0 Å². The molecule has 0 amide bonds. The average molecular weight is 447 g/mol. The van der Waals surface area contributed by atoms with Crippen LogP contribution in [-0.4, -0.2) is 47.2 Å². The second-order valence-electron chi connectivity index (χ2n) is 8.37. The van der Waals surface area contributed by atoms with Gasteiger partial charge in [-0.2, -0.15) is 0 Å². The van der Waals surface area contributed by atoms with Crippen molar-refractivity contribution in [3.63, 3.8) is 0 Å². The van der Waals surface area contributed by atoms with Crippen molar-refractivity contribution >= 4 is 41.6 Å². The molecule has 2 unspecified atom stereocenters. The Bertz CT molecular complexity index is 1260. The lowest BCUT2D eigenvalue weighted by Gasteiger charge is -2.25. The number of fused-ring (bicyclic) bond motifs is 3. The van der Waals surface area contributed by atoms with Gasteiger partial charge in [-0.1, -0.05) is 53.5 Å². The van der Waals surface area contributed by atoms with E-state index >= 15 is 0 Å². The normalized spacial score (nSPS) is 16.5. The SMILES string of the molecule is Bc1ccc2nc3c(c(Cl)c2c1)C(OCC(O)Cn1ccnc1)c1ccccc1CN3C. The van der Waals surface area contributed by atoms with Gasteiger partial charge >= 0.3 is 0 Å². The number of ether oxygens (including phenoxy) is 1. The van der Waals surface area contributed by atoms with Gasteiger partial charge in [0.2, 0.25) is 0 Å². The van der Waals surface area contributed by atoms with Gasteiger partial charge in [-0.15, -0.1) is 0 Å². The van der Waals surface area contributed by atoms with E-state index < -0.39 is 12.2 Å². The zero-order valence-electron chi connectivity index (χ0n) is 18.1. The molecule has 6 nitrogen and oxygen atoms in total. The topological polar surface area (TPSA) is 63.4 Å². The minimum atomic E-state index is -0.685. The molecule has 2 aromatic heterocycles. The van der Waals surface area contributed by atoms with E-state index in [0.717, 1.165) is 38.9 Å². The smallest absolute Gasteiger partial charge is 0.139 e. The molecule has 162 valence electrons. The lowest BCUT2D eigenvalue weighted by Crippen LogP contribution is -2.23. The molecule has 1 aliphatic rings. The van der Waals surface area contributed by atoms with Gasteiger partial charge < -0.3 is 19.3 Å². The van der Waals surface area contributed by atoms with E-state index in [4.69, 9.17) is 21.3 Å². The van der Waals surface area contributed by atoms with Gasteiger partial charge in [-0.25, -0.2) is 9.97 Å². The third kappa shape index (κ3) is 3.88. The summed E-state index contributed by atoms with van der Waals surface area (Å²) in [5, 5.41) is 12.2. The number of aliphatic hydroxyl groups excluding tert-OH is 1. The number of imidazole rings is 1. The van der Waals surface area contributed by atoms with Gasteiger partial charge in [0, 0.05) is 36.9 Å². The number of anilines is 1. The van der Waals surface area contributed by atoms with Crippen molar-refractivity contribution in [1.82, 2.24) is 14.5 Å². The summed E-state index contributed by atoms with van der Waals surface area (Å²) in [6.07, 6.45) is 4.08. The molecule has 0 saturated heterocycles. The zero-order valence-corrected chi connectivity index (χ0v) is 18.8. The highest BCUT2D eigenvalue weighted by molar-refractivity contribution is 6.38. The van der Waals surface area contributed by atoms with E-state index in [9.17, 15) is 5.11 Å². The van der Waals surface area contributed by atoms with Crippen molar-refractivity contribution in [3.8, 4) is 0 Å². The first kappa shape index (κ1) is 21.0. The third-order valence-corrected chi connectivity index (χ3v) is 6.30. The summed E-state index contributed by atoms with van der Waals surface area (Å²) in [5.74, 6) is 0.802. The van der Waals surface area contributed by atoms with Crippen molar-refractivity contribution in [2.75, 3.05) is 18.6 Å². The molecule has 0 fully saturated rings. The standard InChI is InChI=1S/C24H24BClN4O2/c1-29-11-15-4-2-3-5-18(15)23(32-13-17(31)12-30-9-8-27-14-30)21-22(26)19-10-16(25)6-7-20(19)28-24(21)29/h2-10,14,17,23,31H,11-13,25H2,1H3. The summed E-state index contributed by atoms with van der Waals surface area (Å²) >= 11 is 7.04. The number of aliphatic hydroxyl groups is 1. The maximum atomic E-state index is 10.6. The molecule has 3 heterocycles. The van der Waals surface area contributed by atoms with Crippen molar-refractivity contribution in [2.24, 2.45) is 0 Å². The molecule has 1 aliphatic heterocycles. The number of aromatic nitrogens is 3. The number of hydrogen-bond donors (Lipinski definition) is 1. The van der Waals surface area contributed by atoms with Crippen molar-refractivity contribution in [1.29, 1.82) is 0 Å². The number of halogens is 1. The highest BCUT2D eigenvalue weighted by Crippen LogP contribution is 2.44. The lowest BCUT2D eigenvalue weighted by atomic mass is 9.93. The fourth-order valence-corrected chi connectivity index (χ4v) is 4.69. The predicted molar refractivity (Wildman–Crippen MR) is 130 cm³/mol. The summed E-state index contributed by atoms with van der Waals surface area (Å²) < 4.78 is 8.23. The largest absolute Gasteiger partial charge is 0.389 e. The highest BCUT2D eigenvalue weighted by atomic mass is 35.5. The number of rotatable bonds is 5. The Morgan fingerprint density at radius 3 is 2.94 bits per heavy atom. The summed E-state index contributed by atoms with van der Waals surface area (Å²) in [4.78, 5) is 11.1.